The summed E-state index contributed by atoms with van der Waals surface area (Å²) in [6.45, 7) is 2.74. The molecule has 1 aromatic carbocycles. The number of rotatable bonds is 5. The zero-order valence-electron chi connectivity index (χ0n) is 12.5. The summed E-state index contributed by atoms with van der Waals surface area (Å²) in [5.41, 5.74) is 2.92. The lowest BCUT2D eigenvalue weighted by Crippen LogP contribution is -2.18. The molecule has 0 saturated heterocycles. The Morgan fingerprint density at radius 3 is 2.83 bits per heavy atom. The number of hydrogen-bond acceptors (Lipinski definition) is 4. The Bertz CT molecular complexity index is 790. The minimum atomic E-state index is 0.111. The summed E-state index contributed by atoms with van der Waals surface area (Å²) in [4.78, 5) is 8.94. The Morgan fingerprint density at radius 2 is 2.09 bits per heavy atom. The summed E-state index contributed by atoms with van der Waals surface area (Å²) in [6, 6.07) is 11.5. The van der Waals surface area contributed by atoms with Crippen molar-refractivity contribution in [1.82, 2.24) is 15.3 Å². The topological polar surface area (TPSA) is 37.8 Å². The number of nitrogens with one attached hydrogen (secondary N) is 1. The molecule has 1 atom stereocenters. The number of thiazole rings is 1. The normalized spacial score (nSPS) is 12.3. The van der Waals surface area contributed by atoms with Crippen LogP contribution in [0.15, 0.2) is 48.0 Å². The van der Waals surface area contributed by atoms with Gasteiger partial charge in [0.2, 0.25) is 0 Å². The maximum absolute atomic E-state index is 6.24. The van der Waals surface area contributed by atoms with Gasteiger partial charge in [-0.05, 0) is 36.8 Å². The molecule has 118 valence electrons. The van der Waals surface area contributed by atoms with Crippen molar-refractivity contribution in [2.45, 2.75) is 19.5 Å². The second-order valence-corrected chi connectivity index (χ2v) is 6.83. The van der Waals surface area contributed by atoms with E-state index in [1.54, 1.807) is 23.6 Å². The number of nitrogens with zero attached hydrogens (tertiary/aromatic N) is 2. The van der Waals surface area contributed by atoms with Gasteiger partial charge in [0.1, 0.15) is 5.01 Å². The highest BCUT2D eigenvalue weighted by Gasteiger charge is 2.11. The molecule has 0 amide bonds. The minimum Gasteiger partial charge on any atom is -0.304 e. The number of hydrogen-bond donors (Lipinski definition) is 1. The predicted molar refractivity (Wildman–Crippen MR) is 97.1 cm³/mol. The summed E-state index contributed by atoms with van der Waals surface area (Å²) in [5, 5.41) is 7.73. The van der Waals surface area contributed by atoms with Crippen molar-refractivity contribution in [3.05, 3.63) is 69.3 Å². The Balaban J connectivity index is 1.65. The maximum atomic E-state index is 6.24. The SMILES string of the molecule is C[C@H](NCc1csc(-c2ccccn2)n1)c1ccc(Cl)cc1Cl. The van der Waals surface area contributed by atoms with E-state index in [-0.39, 0.29) is 6.04 Å². The molecule has 3 nitrogen and oxygen atoms in total. The van der Waals surface area contributed by atoms with Crippen LogP contribution in [0.3, 0.4) is 0 Å². The van der Waals surface area contributed by atoms with Crippen LogP contribution in [0.5, 0.6) is 0 Å². The van der Waals surface area contributed by atoms with Crippen LogP contribution < -0.4 is 5.32 Å². The van der Waals surface area contributed by atoms with Crippen molar-refractivity contribution in [2.75, 3.05) is 0 Å². The largest absolute Gasteiger partial charge is 0.304 e. The van der Waals surface area contributed by atoms with Gasteiger partial charge < -0.3 is 5.32 Å². The molecule has 3 aromatic rings. The first kappa shape index (κ1) is 16.4. The molecule has 0 radical (unpaired) electrons. The van der Waals surface area contributed by atoms with Crippen molar-refractivity contribution in [3.63, 3.8) is 0 Å². The summed E-state index contributed by atoms with van der Waals surface area (Å²) < 4.78 is 0. The monoisotopic (exact) mass is 363 g/mol. The van der Waals surface area contributed by atoms with Gasteiger partial charge in [0.15, 0.2) is 0 Å². The molecule has 0 aliphatic heterocycles. The third-order valence-corrected chi connectivity index (χ3v) is 4.93. The van der Waals surface area contributed by atoms with Gasteiger partial charge in [-0.3, -0.25) is 4.98 Å². The zero-order valence-corrected chi connectivity index (χ0v) is 14.8. The lowest BCUT2D eigenvalue weighted by molar-refractivity contribution is 0.569. The Labute approximate surface area is 149 Å². The van der Waals surface area contributed by atoms with E-state index in [4.69, 9.17) is 23.2 Å². The first-order valence-electron chi connectivity index (χ1n) is 7.17. The molecule has 0 fully saturated rings. The van der Waals surface area contributed by atoms with E-state index in [9.17, 15) is 0 Å². The average Bonchev–Trinajstić information content (AvgIpc) is 3.02. The van der Waals surface area contributed by atoms with Crippen molar-refractivity contribution in [1.29, 1.82) is 0 Å². The first-order chi connectivity index (χ1) is 11.1. The minimum absolute atomic E-state index is 0.111. The van der Waals surface area contributed by atoms with E-state index in [2.05, 4.69) is 22.2 Å². The molecular weight excluding hydrogens is 349 g/mol. The summed E-state index contributed by atoms with van der Waals surface area (Å²) in [7, 11) is 0. The Morgan fingerprint density at radius 1 is 1.22 bits per heavy atom. The third-order valence-electron chi connectivity index (χ3n) is 3.45. The van der Waals surface area contributed by atoms with Crippen molar-refractivity contribution < 1.29 is 0 Å². The van der Waals surface area contributed by atoms with Crippen molar-refractivity contribution >= 4 is 34.5 Å². The zero-order chi connectivity index (χ0) is 16.2. The second kappa shape index (κ2) is 7.41. The molecule has 6 heteroatoms. The molecule has 0 aliphatic rings. The lowest BCUT2D eigenvalue weighted by atomic mass is 10.1. The molecule has 3 rings (SSSR count). The van der Waals surface area contributed by atoms with E-state index in [1.165, 1.54) is 0 Å². The lowest BCUT2D eigenvalue weighted by Gasteiger charge is -2.15. The summed E-state index contributed by atoms with van der Waals surface area (Å²) in [5.74, 6) is 0. The number of benzene rings is 1. The average molecular weight is 364 g/mol. The molecule has 0 spiro atoms. The van der Waals surface area contributed by atoms with Gasteiger partial charge in [0, 0.05) is 34.2 Å². The van der Waals surface area contributed by atoms with Gasteiger partial charge in [-0.1, -0.05) is 35.3 Å². The molecule has 0 saturated carbocycles. The molecule has 23 heavy (non-hydrogen) atoms. The summed E-state index contributed by atoms with van der Waals surface area (Å²) in [6.07, 6.45) is 1.78. The van der Waals surface area contributed by atoms with E-state index >= 15 is 0 Å². The smallest absolute Gasteiger partial charge is 0.142 e. The molecule has 0 bridgehead atoms. The van der Waals surface area contributed by atoms with Gasteiger partial charge >= 0.3 is 0 Å². The van der Waals surface area contributed by atoms with Crippen LogP contribution in [0.4, 0.5) is 0 Å². The van der Waals surface area contributed by atoms with Crippen LogP contribution in [-0.2, 0) is 6.54 Å². The summed E-state index contributed by atoms with van der Waals surface area (Å²) >= 11 is 13.8. The van der Waals surface area contributed by atoms with Gasteiger partial charge in [0.05, 0.1) is 11.4 Å². The fraction of sp³-hybridized carbons (Fsp3) is 0.176. The Hall–Kier alpha value is -1.46. The molecule has 1 N–H and O–H groups in total. The van der Waals surface area contributed by atoms with Crippen LogP contribution in [-0.4, -0.2) is 9.97 Å². The van der Waals surface area contributed by atoms with Crippen LogP contribution in [0.1, 0.15) is 24.2 Å². The van der Waals surface area contributed by atoms with Gasteiger partial charge in [0.25, 0.3) is 0 Å². The first-order valence-corrected chi connectivity index (χ1v) is 8.81. The molecular formula is C17H15Cl2N3S. The van der Waals surface area contributed by atoms with E-state index in [0.717, 1.165) is 22.0 Å². The standard InChI is InChI=1S/C17H15Cl2N3S/c1-11(14-6-5-12(18)8-15(14)19)21-9-13-10-23-17(22-13)16-4-2-3-7-20-16/h2-8,10-11,21H,9H2,1H3/t11-/m0/s1. The fourth-order valence-corrected chi connectivity index (χ4v) is 3.58. The number of halogens is 2. The van der Waals surface area contributed by atoms with E-state index < -0.39 is 0 Å². The quantitative estimate of drug-likeness (QED) is 0.662. The van der Waals surface area contributed by atoms with Gasteiger partial charge in [-0.25, -0.2) is 4.98 Å². The van der Waals surface area contributed by atoms with Crippen LogP contribution >= 0.6 is 34.5 Å². The molecule has 0 aliphatic carbocycles. The van der Waals surface area contributed by atoms with Crippen molar-refractivity contribution in [2.24, 2.45) is 0 Å². The Kier molecular flexibility index (Phi) is 5.28. The van der Waals surface area contributed by atoms with Gasteiger partial charge in [-0.15, -0.1) is 11.3 Å². The highest BCUT2D eigenvalue weighted by Crippen LogP contribution is 2.27. The number of pyridine rings is 1. The highest BCUT2D eigenvalue weighted by molar-refractivity contribution is 7.13. The fourth-order valence-electron chi connectivity index (χ4n) is 2.22. The predicted octanol–water partition coefficient (Wildman–Crippen LogP) is 5.36. The number of aromatic nitrogens is 2. The van der Waals surface area contributed by atoms with Crippen LogP contribution in [0, 0.1) is 0 Å². The van der Waals surface area contributed by atoms with Crippen LogP contribution in [0.25, 0.3) is 10.7 Å². The molecule has 2 aromatic heterocycles. The highest BCUT2D eigenvalue weighted by atomic mass is 35.5. The molecule has 0 unspecified atom stereocenters. The maximum Gasteiger partial charge on any atom is 0.142 e. The second-order valence-electron chi connectivity index (χ2n) is 5.13. The van der Waals surface area contributed by atoms with E-state index in [1.807, 2.05) is 35.7 Å². The van der Waals surface area contributed by atoms with Gasteiger partial charge in [-0.2, -0.15) is 0 Å². The van der Waals surface area contributed by atoms with Crippen molar-refractivity contribution in [3.8, 4) is 10.7 Å². The molecule has 2 heterocycles. The third kappa shape index (κ3) is 4.09. The van der Waals surface area contributed by atoms with Crippen LogP contribution in [0.2, 0.25) is 10.0 Å². The van der Waals surface area contributed by atoms with E-state index in [0.29, 0.717) is 16.6 Å².